The molecule has 1 aromatic heterocycles. The molecule has 0 aliphatic heterocycles. The van der Waals surface area contributed by atoms with Crippen LogP contribution < -0.4 is 4.90 Å². The number of hydrogen-bond donors (Lipinski definition) is 1. The van der Waals surface area contributed by atoms with Crippen molar-refractivity contribution in [1.29, 1.82) is 0 Å². The Morgan fingerprint density at radius 3 is 2.71 bits per heavy atom. The van der Waals surface area contributed by atoms with Crippen molar-refractivity contribution < 1.29 is 9.90 Å². The fourth-order valence-electron chi connectivity index (χ4n) is 2.05. The maximum atomic E-state index is 10.9. The number of carboxylic acids is 1. The normalized spacial score (nSPS) is 14.7. The average Bonchev–Trinajstić information content (AvgIpc) is 3.09. The highest BCUT2D eigenvalue weighted by Gasteiger charge is 2.29. The first-order valence-electron chi connectivity index (χ1n) is 6.11. The van der Waals surface area contributed by atoms with Crippen LogP contribution in [0.3, 0.4) is 0 Å². The van der Waals surface area contributed by atoms with E-state index in [0.29, 0.717) is 17.3 Å². The molecule has 0 atom stereocenters. The number of aryl methyl sites for hydroxylation is 1. The molecular formula is C13H18N2O2. The standard InChI is InChI=1S/C13H18N2O2/c1-3-8-15(10-4-5-10)12-7-6-11(13(16)17)9(2)14-12/h6-7,10H,3-5,8H2,1-2H3,(H,16,17). The van der Waals surface area contributed by atoms with Gasteiger partial charge in [-0.25, -0.2) is 9.78 Å². The molecule has 4 heteroatoms. The summed E-state index contributed by atoms with van der Waals surface area (Å²) < 4.78 is 0. The third-order valence-corrected chi connectivity index (χ3v) is 3.05. The maximum absolute atomic E-state index is 10.9. The minimum absolute atomic E-state index is 0.293. The van der Waals surface area contributed by atoms with Gasteiger partial charge in [-0.05, 0) is 38.3 Å². The van der Waals surface area contributed by atoms with Gasteiger partial charge in [0.15, 0.2) is 0 Å². The predicted octanol–water partition coefficient (Wildman–Crippen LogP) is 2.47. The van der Waals surface area contributed by atoms with Gasteiger partial charge in [0, 0.05) is 12.6 Å². The summed E-state index contributed by atoms with van der Waals surface area (Å²) in [5.74, 6) is 0.00636. The van der Waals surface area contributed by atoms with E-state index in [0.717, 1.165) is 18.8 Å². The van der Waals surface area contributed by atoms with Crippen molar-refractivity contribution in [2.75, 3.05) is 11.4 Å². The highest BCUT2D eigenvalue weighted by molar-refractivity contribution is 5.89. The highest BCUT2D eigenvalue weighted by atomic mass is 16.4. The minimum Gasteiger partial charge on any atom is -0.478 e. The third kappa shape index (κ3) is 2.57. The van der Waals surface area contributed by atoms with Crippen molar-refractivity contribution in [2.45, 2.75) is 39.2 Å². The summed E-state index contributed by atoms with van der Waals surface area (Å²) in [6.45, 7) is 4.89. The zero-order valence-corrected chi connectivity index (χ0v) is 10.3. The van der Waals surface area contributed by atoms with E-state index in [1.165, 1.54) is 12.8 Å². The van der Waals surface area contributed by atoms with Gasteiger partial charge < -0.3 is 10.0 Å². The average molecular weight is 234 g/mol. The van der Waals surface area contributed by atoms with Gasteiger partial charge in [0.2, 0.25) is 0 Å². The molecule has 0 aromatic carbocycles. The Bertz CT molecular complexity index is 427. The predicted molar refractivity (Wildman–Crippen MR) is 66.6 cm³/mol. The van der Waals surface area contributed by atoms with Crippen LogP contribution in [0.5, 0.6) is 0 Å². The van der Waals surface area contributed by atoms with Crippen LogP contribution in [0.15, 0.2) is 12.1 Å². The number of pyridine rings is 1. The second-order valence-electron chi connectivity index (χ2n) is 4.53. The fraction of sp³-hybridized carbons (Fsp3) is 0.538. The van der Waals surface area contributed by atoms with Crippen LogP contribution in [0.25, 0.3) is 0 Å². The molecule has 0 unspecified atom stereocenters. The molecule has 17 heavy (non-hydrogen) atoms. The lowest BCUT2D eigenvalue weighted by molar-refractivity contribution is 0.0695. The summed E-state index contributed by atoms with van der Waals surface area (Å²) in [4.78, 5) is 17.6. The van der Waals surface area contributed by atoms with Gasteiger partial charge >= 0.3 is 5.97 Å². The molecule has 0 bridgehead atoms. The summed E-state index contributed by atoms with van der Waals surface area (Å²) in [6, 6.07) is 4.09. The molecule has 1 aromatic rings. The van der Waals surface area contributed by atoms with Gasteiger partial charge in [-0.3, -0.25) is 0 Å². The van der Waals surface area contributed by atoms with Crippen molar-refractivity contribution in [3.05, 3.63) is 23.4 Å². The van der Waals surface area contributed by atoms with Crippen molar-refractivity contribution in [1.82, 2.24) is 4.98 Å². The molecule has 1 saturated carbocycles. The van der Waals surface area contributed by atoms with Gasteiger partial charge in [0.05, 0.1) is 11.3 Å². The first-order valence-corrected chi connectivity index (χ1v) is 6.11. The Balaban J connectivity index is 2.25. The van der Waals surface area contributed by atoms with Crippen LogP contribution in [-0.2, 0) is 0 Å². The Hall–Kier alpha value is -1.58. The second kappa shape index (κ2) is 4.73. The summed E-state index contributed by atoms with van der Waals surface area (Å²) in [5, 5.41) is 8.97. The Kier molecular flexibility index (Phi) is 3.31. The van der Waals surface area contributed by atoms with Crippen molar-refractivity contribution in [3.8, 4) is 0 Å². The summed E-state index contributed by atoms with van der Waals surface area (Å²) in [7, 11) is 0. The second-order valence-corrected chi connectivity index (χ2v) is 4.53. The van der Waals surface area contributed by atoms with E-state index in [4.69, 9.17) is 5.11 Å². The molecule has 92 valence electrons. The van der Waals surface area contributed by atoms with Crippen molar-refractivity contribution >= 4 is 11.8 Å². The SMILES string of the molecule is CCCN(c1ccc(C(=O)O)c(C)n1)C1CC1. The smallest absolute Gasteiger partial charge is 0.337 e. The van der Waals surface area contributed by atoms with E-state index >= 15 is 0 Å². The van der Waals surface area contributed by atoms with E-state index in [1.807, 2.05) is 6.07 Å². The molecule has 0 amide bonds. The van der Waals surface area contributed by atoms with Gasteiger partial charge in [-0.15, -0.1) is 0 Å². The van der Waals surface area contributed by atoms with Crippen LogP contribution in [-0.4, -0.2) is 28.6 Å². The number of aromatic carboxylic acids is 1. The Labute approximate surface area is 101 Å². The lowest BCUT2D eigenvalue weighted by atomic mass is 10.2. The third-order valence-electron chi connectivity index (χ3n) is 3.05. The molecular weight excluding hydrogens is 216 g/mol. The zero-order chi connectivity index (χ0) is 12.4. The van der Waals surface area contributed by atoms with Crippen molar-refractivity contribution in [3.63, 3.8) is 0 Å². The first-order chi connectivity index (χ1) is 8.13. The summed E-state index contributed by atoms with van der Waals surface area (Å²) in [6.07, 6.45) is 3.53. The van der Waals surface area contributed by atoms with E-state index in [2.05, 4.69) is 16.8 Å². The lowest BCUT2D eigenvalue weighted by Gasteiger charge is -2.23. The zero-order valence-electron chi connectivity index (χ0n) is 10.3. The number of carbonyl (C=O) groups is 1. The quantitative estimate of drug-likeness (QED) is 0.850. The number of rotatable bonds is 5. The Morgan fingerprint density at radius 2 is 2.24 bits per heavy atom. The van der Waals surface area contributed by atoms with E-state index in [-0.39, 0.29) is 0 Å². The topological polar surface area (TPSA) is 53.4 Å². The van der Waals surface area contributed by atoms with Gasteiger partial charge in [0.1, 0.15) is 5.82 Å². The highest BCUT2D eigenvalue weighted by Crippen LogP contribution is 2.31. The van der Waals surface area contributed by atoms with Crippen LogP contribution in [0.2, 0.25) is 0 Å². The van der Waals surface area contributed by atoms with Crippen molar-refractivity contribution in [2.24, 2.45) is 0 Å². The molecule has 0 spiro atoms. The lowest BCUT2D eigenvalue weighted by Crippen LogP contribution is -2.27. The molecule has 0 radical (unpaired) electrons. The molecule has 1 N–H and O–H groups in total. The van der Waals surface area contributed by atoms with Gasteiger partial charge in [-0.2, -0.15) is 0 Å². The molecule has 1 fully saturated rings. The number of carboxylic acid groups (broad SMARTS) is 1. The molecule has 4 nitrogen and oxygen atoms in total. The molecule has 0 saturated heterocycles. The van der Waals surface area contributed by atoms with Gasteiger partial charge in [-0.1, -0.05) is 6.92 Å². The number of anilines is 1. The summed E-state index contributed by atoms with van der Waals surface area (Å²) >= 11 is 0. The monoisotopic (exact) mass is 234 g/mol. The van der Waals surface area contributed by atoms with Gasteiger partial charge in [0.25, 0.3) is 0 Å². The summed E-state index contributed by atoms with van der Waals surface area (Å²) in [5.41, 5.74) is 0.887. The molecule has 2 rings (SSSR count). The van der Waals surface area contributed by atoms with Crippen LogP contribution in [0, 0.1) is 6.92 Å². The number of hydrogen-bond acceptors (Lipinski definition) is 3. The molecule has 1 heterocycles. The molecule has 1 aliphatic rings. The van der Waals surface area contributed by atoms with Crippen LogP contribution in [0.4, 0.5) is 5.82 Å². The maximum Gasteiger partial charge on any atom is 0.337 e. The van der Waals surface area contributed by atoms with E-state index < -0.39 is 5.97 Å². The minimum atomic E-state index is -0.907. The number of nitrogens with zero attached hydrogens (tertiary/aromatic N) is 2. The van der Waals surface area contributed by atoms with E-state index in [9.17, 15) is 4.79 Å². The fourth-order valence-corrected chi connectivity index (χ4v) is 2.05. The number of aromatic nitrogens is 1. The van der Waals surface area contributed by atoms with Crippen LogP contribution >= 0.6 is 0 Å². The molecule has 1 aliphatic carbocycles. The van der Waals surface area contributed by atoms with Crippen LogP contribution in [0.1, 0.15) is 42.2 Å². The Morgan fingerprint density at radius 1 is 1.53 bits per heavy atom. The van der Waals surface area contributed by atoms with E-state index in [1.54, 1.807) is 13.0 Å². The first kappa shape index (κ1) is 11.9. The largest absolute Gasteiger partial charge is 0.478 e.